The second-order valence-corrected chi connectivity index (χ2v) is 3.49. The molecule has 5 N–H and O–H groups in total. The second kappa shape index (κ2) is 3.27. The molecular formula is C7H15NO4. The third-order valence-electron chi connectivity index (χ3n) is 2.19. The van der Waals surface area contributed by atoms with Gasteiger partial charge in [-0.25, -0.2) is 0 Å². The zero-order valence-corrected chi connectivity index (χ0v) is 6.94. The van der Waals surface area contributed by atoms with Crippen molar-refractivity contribution >= 4 is 0 Å². The monoisotopic (exact) mass is 177 g/mol. The molecule has 0 aromatic heterocycles. The van der Waals surface area contributed by atoms with Gasteiger partial charge in [-0.3, -0.25) is 0 Å². The van der Waals surface area contributed by atoms with Gasteiger partial charge in [0, 0.05) is 13.1 Å². The number of aliphatic hydroxyl groups excluding tert-OH is 3. The van der Waals surface area contributed by atoms with E-state index in [0.717, 1.165) is 0 Å². The molecule has 0 aromatic carbocycles. The van der Waals surface area contributed by atoms with Crippen LogP contribution in [0.3, 0.4) is 0 Å². The van der Waals surface area contributed by atoms with Crippen molar-refractivity contribution in [1.29, 1.82) is 0 Å². The van der Waals surface area contributed by atoms with Gasteiger partial charge in [-0.2, -0.15) is 0 Å². The summed E-state index contributed by atoms with van der Waals surface area (Å²) in [5.74, 6) is 0. The summed E-state index contributed by atoms with van der Waals surface area (Å²) in [6, 6.07) is 0. The molecule has 0 aromatic rings. The Morgan fingerprint density at radius 2 is 1.92 bits per heavy atom. The van der Waals surface area contributed by atoms with E-state index >= 15 is 0 Å². The molecule has 72 valence electrons. The Bertz CT molecular complexity index is 161. The summed E-state index contributed by atoms with van der Waals surface area (Å²) in [7, 11) is 0. The third-order valence-corrected chi connectivity index (χ3v) is 2.19. The SMILES string of the molecule is C[C@]1(O)CNC[C@@H](O)[C@H](O)[C@H]1O. The Balaban J connectivity index is 2.74. The van der Waals surface area contributed by atoms with Crippen LogP contribution in [0.25, 0.3) is 0 Å². The number of rotatable bonds is 0. The summed E-state index contributed by atoms with van der Waals surface area (Å²) >= 11 is 0. The summed E-state index contributed by atoms with van der Waals surface area (Å²) in [5, 5.41) is 40.1. The highest BCUT2D eigenvalue weighted by molar-refractivity contribution is 4.95. The Morgan fingerprint density at radius 3 is 2.50 bits per heavy atom. The van der Waals surface area contributed by atoms with E-state index in [0.29, 0.717) is 0 Å². The van der Waals surface area contributed by atoms with Gasteiger partial charge in [0.1, 0.15) is 17.8 Å². The normalized spacial score (nSPS) is 50.2. The molecule has 0 amide bonds. The zero-order valence-electron chi connectivity index (χ0n) is 6.94. The molecule has 0 radical (unpaired) electrons. The summed E-state index contributed by atoms with van der Waals surface area (Å²) in [4.78, 5) is 0. The molecule has 1 fully saturated rings. The molecule has 0 aliphatic carbocycles. The van der Waals surface area contributed by atoms with E-state index in [1.54, 1.807) is 0 Å². The van der Waals surface area contributed by atoms with Crippen molar-refractivity contribution in [3.8, 4) is 0 Å². The molecule has 12 heavy (non-hydrogen) atoms. The van der Waals surface area contributed by atoms with Gasteiger partial charge >= 0.3 is 0 Å². The molecule has 4 atom stereocenters. The van der Waals surface area contributed by atoms with Gasteiger partial charge in [0.05, 0.1) is 6.10 Å². The minimum atomic E-state index is -1.39. The van der Waals surface area contributed by atoms with Crippen molar-refractivity contribution in [2.75, 3.05) is 13.1 Å². The number of hydrogen-bond acceptors (Lipinski definition) is 5. The average Bonchev–Trinajstić information content (AvgIpc) is 2.06. The van der Waals surface area contributed by atoms with Crippen LogP contribution < -0.4 is 5.32 Å². The Kier molecular flexibility index (Phi) is 2.70. The van der Waals surface area contributed by atoms with Crippen LogP contribution in [0.15, 0.2) is 0 Å². The van der Waals surface area contributed by atoms with Crippen LogP contribution >= 0.6 is 0 Å². The van der Waals surface area contributed by atoms with Gasteiger partial charge in [-0.1, -0.05) is 0 Å². The second-order valence-electron chi connectivity index (χ2n) is 3.49. The molecule has 1 heterocycles. The predicted molar refractivity (Wildman–Crippen MR) is 41.5 cm³/mol. The van der Waals surface area contributed by atoms with E-state index < -0.39 is 23.9 Å². The molecule has 0 spiro atoms. The van der Waals surface area contributed by atoms with Crippen LogP contribution in [-0.2, 0) is 0 Å². The Morgan fingerprint density at radius 1 is 1.33 bits per heavy atom. The van der Waals surface area contributed by atoms with E-state index in [2.05, 4.69) is 5.32 Å². The quantitative estimate of drug-likeness (QED) is 0.280. The molecular weight excluding hydrogens is 162 g/mol. The first kappa shape index (κ1) is 9.88. The molecule has 0 unspecified atom stereocenters. The van der Waals surface area contributed by atoms with Crippen LogP contribution in [0.2, 0.25) is 0 Å². The molecule has 5 nitrogen and oxygen atoms in total. The van der Waals surface area contributed by atoms with Gasteiger partial charge in [-0.15, -0.1) is 0 Å². The van der Waals surface area contributed by atoms with Gasteiger partial charge < -0.3 is 25.7 Å². The fraction of sp³-hybridized carbons (Fsp3) is 1.00. The smallest absolute Gasteiger partial charge is 0.112 e. The molecule has 1 saturated heterocycles. The lowest BCUT2D eigenvalue weighted by Gasteiger charge is -2.29. The van der Waals surface area contributed by atoms with E-state index in [9.17, 15) is 20.4 Å². The van der Waals surface area contributed by atoms with Crippen LogP contribution in [0, 0.1) is 0 Å². The van der Waals surface area contributed by atoms with Crippen molar-refractivity contribution in [3.05, 3.63) is 0 Å². The lowest BCUT2D eigenvalue weighted by atomic mass is 9.94. The Hall–Kier alpha value is -0.200. The van der Waals surface area contributed by atoms with Gasteiger partial charge in [0.25, 0.3) is 0 Å². The van der Waals surface area contributed by atoms with Crippen LogP contribution in [0.4, 0.5) is 0 Å². The van der Waals surface area contributed by atoms with Crippen LogP contribution in [0.1, 0.15) is 6.92 Å². The van der Waals surface area contributed by atoms with E-state index in [4.69, 9.17) is 0 Å². The topological polar surface area (TPSA) is 93.0 Å². The summed E-state index contributed by atoms with van der Waals surface area (Å²) in [6.45, 7) is 1.74. The number of hydrogen-bond donors (Lipinski definition) is 5. The highest BCUT2D eigenvalue weighted by Gasteiger charge is 2.40. The molecule has 1 rings (SSSR count). The maximum absolute atomic E-state index is 9.53. The largest absolute Gasteiger partial charge is 0.389 e. The van der Waals surface area contributed by atoms with Crippen LogP contribution in [0.5, 0.6) is 0 Å². The first-order valence-corrected chi connectivity index (χ1v) is 3.92. The van der Waals surface area contributed by atoms with Crippen molar-refractivity contribution in [2.45, 2.75) is 30.8 Å². The van der Waals surface area contributed by atoms with Crippen molar-refractivity contribution < 1.29 is 20.4 Å². The summed E-state index contributed by atoms with van der Waals surface area (Å²) in [5.41, 5.74) is -1.39. The van der Waals surface area contributed by atoms with E-state index in [1.165, 1.54) is 6.92 Å². The average molecular weight is 177 g/mol. The van der Waals surface area contributed by atoms with E-state index in [1.807, 2.05) is 0 Å². The predicted octanol–water partition coefficient (Wildman–Crippen LogP) is -2.58. The van der Waals surface area contributed by atoms with Gasteiger partial charge in [0.2, 0.25) is 0 Å². The van der Waals surface area contributed by atoms with E-state index in [-0.39, 0.29) is 13.1 Å². The maximum Gasteiger partial charge on any atom is 0.112 e. The summed E-state index contributed by atoms with van der Waals surface area (Å²) in [6.07, 6.45) is -3.65. The lowest BCUT2D eigenvalue weighted by molar-refractivity contribution is -0.129. The third kappa shape index (κ3) is 1.75. The molecule has 1 aliphatic rings. The highest BCUT2D eigenvalue weighted by Crippen LogP contribution is 2.17. The van der Waals surface area contributed by atoms with Crippen molar-refractivity contribution in [2.24, 2.45) is 0 Å². The van der Waals surface area contributed by atoms with Crippen molar-refractivity contribution in [3.63, 3.8) is 0 Å². The standard InChI is InChI=1S/C7H15NO4/c1-7(12)3-8-2-4(9)5(10)6(7)11/h4-6,8-12H,2-3H2,1H3/t4-,5+,6-,7+/m1/s1. The van der Waals surface area contributed by atoms with Crippen molar-refractivity contribution in [1.82, 2.24) is 5.32 Å². The lowest BCUT2D eigenvalue weighted by Crippen LogP contribution is -2.51. The van der Waals surface area contributed by atoms with Gasteiger partial charge in [-0.05, 0) is 6.92 Å². The fourth-order valence-corrected chi connectivity index (χ4v) is 1.28. The Labute approximate surface area is 70.6 Å². The first-order valence-electron chi connectivity index (χ1n) is 3.92. The fourth-order valence-electron chi connectivity index (χ4n) is 1.28. The number of aliphatic hydroxyl groups is 4. The highest BCUT2D eigenvalue weighted by atomic mass is 16.4. The summed E-state index contributed by atoms with van der Waals surface area (Å²) < 4.78 is 0. The van der Waals surface area contributed by atoms with Crippen LogP contribution in [-0.4, -0.2) is 57.4 Å². The molecule has 1 aliphatic heterocycles. The minimum absolute atomic E-state index is 0.155. The molecule has 0 bridgehead atoms. The first-order chi connectivity index (χ1) is 5.45. The minimum Gasteiger partial charge on any atom is -0.389 e. The molecule has 5 heteroatoms. The molecule has 0 saturated carbocycles. The number of β-amino-alcohol motifs (C(OH)–C–C–N with tert-alkyl or cyclic N) is 2. The maximum atomic E-state index is 9.53. The zero-order chi connectivity index (χ0) is 9.35. The van der Waals surface area contributed by atoms with Gasteiger partial charge in [0.15, 0.2) is 0 Å². The number of nitrogens with one attached hydrogen (secondary N) is 1.